The van der Waals surface area contributed by atoms with Crippen LogP contribution in [0.4, 0.5) is 0 Å². The Bertz CT molecular complexity index is 394. The molecule has 2 aliphatic rings. The van der Waals surface area contributed by atoms with Crippen molar-refractivity contribution in [2.45, 2.75) is 44.9 Å². The van der Waals surface area contributed by atoms with Crippen molar-refractivity contribution in [3.8, 4) is 0 Å². The predicted molar refractivity (Wildman–Crippen MR) is 57.3 cm³/mol. The van der Waals surface area contributed by atoms with Crippen LogP contribution in [0.5, 0.6) is 0 Å². The number of fused-ring (bicyclic) bond motifs is 5. The van der Waals surface area contributed by atoms with Crippen LogP contribution in [0.15, 0.2) is 18.5 Å². The largest absolute Gasteiger partial charge is 0.264 e. The molecular formula is C13H17N. The first-order valence-corrected chi connectivity index (χ1v) is 5.52. The number of pyridine rings is 1. The highest BCUT2D eigenvalue weighted by atomic mass is 14.7. The molecule has 0 amide bonds. The Labute approximate surface area is 85.6 Å². The van der Waals surface area contributed by atoms with Crippen LogP contribution in [0.1, 0.15) is 50.7 Å². The fourth-order valence-electron chi connectivity index (χ4n) is 3.70. The maximum atomic E-state index is 4.29. The summed E-state index contributed by atoms with van der Waals surface area (Å²) in [5.41, 5.74) is 3.89. The van der Waals surface area contributed by atoms with Gasteiger partial charge in [0.15, 0.2) is 0 Å². The lowest BCUT2D eigenvalue weighted by Gasteiger charge is -2.35. The van der Waals surface area contributed by atoms with Gasteiger partial charge < -0.3 is 0 Å². The van der Waals surface area contributed by atoms with Crippen molar-refractivity contribution in [1.82, 2.24) is 4.98 Å². The van der Waals surface area contributed by atoms with E-state index in [9.17, 15) is 0 Å². The van der Waals surface area contributed by atoms with Gasteiger partial charge in [0.05, 0.1) is 0 Å². The third-order valence-corrected chi connectivity index (χ3v) is 5.05. The minimum Gasteiger partial charge on any atom is -0.264 e. The zero-order valence-electron chi connectivity index (χ0n) is 9.17. The van der Waals surface area contributed by atoms with E-state index in [1.807, 2.05) is 6.20 Å². The molecule has 0 aliphatic heterocycles. The highest BCUT2D eigenvalue weighted by Crippen LogP contribution is 2.67. The molecule has 2 aliphatic carbocycles. The van der Waals surface area contributed by atoms with E-state index in [1.54, 1.807) is 5.56 Å². The van der Waals surface area contributed by atoms with Gasteiger partial charge in [-0.25, -0.2) is 0 Å². The van der Waals surface area contributed by atoms with Crippen LogP contribution < -0.4 is 0 Å². The smallest absolute Gasteiger partial charge is 0.0308 e. The molecule has 0 N–H and O–H groups in total. The van der Waals surface area contributed by atoms with Crippen LogP contribution in [0, 0.1) is 5.41 Å². The van der Waals surface area contributed by atoms with Gasteiger partial charge in [-0.3, -0.25) is 4.98 Å². The van der Waals surface area contributed by atoms with Crippen molar-refractivity contribution in [2.75, 3.05) is 0 Å². The zero-order valence-corrected chi connectivity index (χ0v) is 9.17. The molecular weight excluding hydrogens is 170 g/mol. The first-order valence-electron chi connectivity index (χ1n) is 5.52. The van der Waals surface area contributed by atoms with Gasteiger partial charge in [-0.2, -0.15) is 0 Å². The van der Waals surface area contributed by atoms with Crippen LogP contribution in [0.2, 0.25) is 0 Å². The second kappa shape index (κ2) is 2.21. The maximum absolute atomic E-state index is 4.29. The molecule has 14 heavy (non-hydrogen) atoms. The third-order valence-electron chi connectivity index (χ3n) is 5.05. The Kier molecular flexibility index (Phi) is 1.33. The molecule has 1 saturated carbocycles. The molecule has 2 unspecified atom stereocenters. The standard InChI is InChI=1S/C13H17N/c1-12(2)10-4-6-13(12,3)11-8-14-7-5-9(10)11/h5,7-8,10H,4,6H2,1-3H3. The van der Waals surface area contributed by atoms with E-state index in [2.05, 4.69) is 38.0 Å². The molecule has 1 fully saturated rings. The Hall–Kier alpha value is -0.850. The van der Waals surface area contributed by atoms with Gasteiger partial charge in [0, 0.05) is 12.4 Å². The summed E-state index contributed by atoms with van der Waals surface area (Å²) in [5.74, 6) is 0.769. The molecule has 1 aromatic heterocycles. The Morgan fingerprint density at radius 3 is 2.86 bits per heavy atom. The monoisotopic (exact) mass is 187 g/mol. The number of hydrogen-bond donors (Lipinski definition) is 0. The lowest BCUT2D eigenvalue weighted by molar-refractivity contribution is 0.230. The number of rotatable bonds is 0. The summed E-state index contributed by atoms with van der Waals surface area (Å²) >= 11 is 0. The van der Waals surface area contributed by atoms with Crippen molar-refractivity contribution < 1.29 is 0 Å². The first-order chi connectivity index (χ1) is 6.57. The Morgan fingerprint density at radius 2 is 2.14 bits per heavy atom. The minimum atomic E-state index is 0.376. The van der Waals surface area contributed by atoms with Crippen molar-refractivity contribution in [2.24, 2.45) is 5.41 Å². The fraction of sp³-hybridized carbons (Fsp3) is 0.615. The average Bonchev–Trinajstić information content (AvgIpc) is 2.49. The topological polar surface area (TPSA) is 12.9 Å². The molecule has 3 rings (SSSR count). The predicted octanol–water partition coefficient (Wildman–Crippen LogP) is 3.26. The van der Waals surface area contributed by atoms with Gasteiger partial charge in [-0.05, 0) is 46.8 Å². The number of aromatic nitrogens is 1. The third kappa shape index (κ3) is 0.678. The highest BCUT2D eigenvalue weighted by molar-refractivity contribution is 5.47. The summed E-state index contributed by atoms with van der Waals surface area (Å²) in [6.07, 6.45) is 6.74. The SMILES string of the molecule is CC12CCC(c3ccncc31)C2(C)C. The van der Waals surface area contributed by atoms with E-state index in [0.29, 0.717) is 10.8 Å². The second-order valence-corrected chi connectivity index (χ2v) is 5.61. The molecule has 1 heterocycles. The molecule has 0 aromatic carbocycles. The van der Waals surface area contributed by atoms with Gasteiger partial charge in [0.25, 0.3) is 0 Å². The second-order valence-electron chi connectivity index (χ2n) is 5.61. The lowest BCUT2D eigenvalue weighted by atomic mass is 9.69. The van der Waals surface area contributed by atoms with E-state index in [4.69, 9.17) is 0 Å². The number of hydrogen-bond acceptors (Lipinski definition) is 1. The quantitative estimate of drug-likeness (QED) is 0.607. The zero-order chi connectivity index (χ0) is 9.97. The van der Waals surface area contributed by atoms with Crippen LogP contribution >= 0.6 is 0 Å². The molecule has 1 aromatic rings. The Balaban J connectivity index is 2.31. The minimum absolute atomic E-state index is 0.376. The molecule has 2 bridgehead atoms. The molecule has 1 nitrogen and oxygen atoms in total. The van der Waals surface area contributed by atoms with E-state index in [0.717, 1.165) is 5.92 Å². The molecule has 0 saturated heterocycles. The number of nitrogens with zero attached hydrogens (tertiary/aromatic N) is 1. The maximum Gasteiger partial charge on any atom is 0.0308 e. The van der Waals surface area contributed by atoms with Crippen LogP contribution in [-0.2, 0) is 5.41 Å². The van der Waals surface area contributed by atoms with Gasteiger partial charge in [-0.1, -0.05) is 20.8 Å². The highest BCUT2D eigenvalue weighted by Gasteiger charge is 2.59. The van der Waals surface area contributed by atoms with E-state index in [-0.39, 0.29) is 0 Å². The normalized spacial score (nSPS) is 37.2. The van der Waals surface area contributed by atoms with Crippen molar-refractivity contribution in [1.29, 1.82) is 0 Å². The molecule has 2 atom stereocenters. The van der Waals surface area contributed by atoms with Crippen LogP contribution in [0.25, 0.3) is 0 Å². The molecule has 1 heteroatoms. The van der Waals surface area contributed by atoms with Crippen molar-refractivity contribution in [3.63, 3.8) is 0 Å². The van der Waals surface area contributed by atoms with Crippen LogP contribution in [0.3, 0.4) is 0 Å². The Morgan fingerprint density at radius 1 is 1.36 bits per heavy atom. The first kappa shape index (κ1) is 8.46. The fourth-order valence-corrected chi connectivity index (χ4v) is 3.70. The van der Waals surface area contributed by atoms with Crippen molar-refractivity contribution >= 4 is 0 Å². The van der Waals surface area contributed by atoms with Gasteiger partial charge in [-0.15, -0.1) is 0 Å². The average molecular weight is 187 g/mol. The van der Waals surface area contributed by atoms with Gasteiger partial charge in [0.2, 0.25) is 0 Å². The molecule has 0 radical (unpaired) electrons. The summed E-state index contributed by atoms with van der Waals surface area (Å²) in [4.78, 5) is 4.29. The van der Waals surface area contributed by atoms with Crippen LogP contribution in [-0.4, -0.2) is 4.98 Å². The summed E-state index contributed by atoms with van der Waals surface area (Å²) in [6, 6.07) is 2.23. The van der Waals surface area contributed by atoms with Gasteiger partial charge in [0.1, 0.15) is 0 Å². The molecule has 74 valence electrons. The van der Waals surface area contributed by atoms with Gasteiger partial charge >= 0.3 is 0 Å². The van der Waals surface area contributed by atoms with Crippen molar-refractivity contribution in [3.05, 3.63) is 29.6 Å². The summed E-state index contributed by atoms with van der Waals surface area (Å²) in [5, 5.41) is 0. The van der Waals surface area contributed by atoms with E-state index < -0.39 is 0 Å². The molecule has 0 spiro atoms. The lowest BCUT2D eigenvalue weighted by Crippen LogP contribution is -2.31. The van der Waals surface area contributed by atoms with E-state index >= 15 is 0 Å². The summed E-state index contributed by atoms with van der Waals surface area (Å²) in [6.45, 7) is 7.26. The van der Waals surface area contributed by atoms with E-state index in [1.165, 1.54) is 18.4 Å². The summed E-state index contributed by atoms with van der Waals surface area (Å²) < 4.78 is 0. The summed E-state index contributed by atoms with van der Waals surface area (Å²) in [7, 11) is 0.